The lowest BCUT2D eigenvalue weighted by Gasteiger charge is -2.06. The van der Waals surface area contributed by atoms with E-state index in [1.54, 1.807) is 0 Å². The molecule has 0 aliphatic heterocycles. The summed E-state index contributed by atoms with van der Waals surface area (Å²) in [4.78, 5) is 4.45. The van der Waals surface area contributed by atoms with Crippen LogP contribution in [0.4, 0.5) is 0 Å². The zero-order valence-corrected chi connectivity index (χ0v) is 11.0. The number of nitrogens with two attached hydrogens (primary N) is 1. The molecule has 0 amide bonds. The summed E-state index contributed by atoms with van der Waals surface area (Å²) in [6, 6.07) is 8.19. The first kappa shape index (κ1) is 11.4. The van der Waals surface area contributed by atoms with Gasteiger partial charge in [0.1, 0.15) is 5.82 Å². The Kier molecular flexibility index (Phi) is 3.12. The van der Waals surface area contributed by atoms with Gasteiger partial charge in [-0.1, -0.05) is 28.1 Å². The van der Waals surface area contributed by atoms with Gasteiger partial charge >= 0.3 is 0 Å². The summed E-state index contributed by atoms with van der Waals surface area (Å²) < 4.78 is 3.15. The summed E-state index contributed by atoms with van der Waals surface area (Å²) in [6.45, 7) is 2.45. The number of nitrogens with zero attached hydrogens (tertiary/aromatic N) is 2. The molecule has 0 atom stereocenters. The van der Waals surface area contributed by atoms with Gasteiger partial charge in [0, 0.05) is 23.6 Å². The molecule has 0 aliphatic carbocycles. The number of hydrogen-bond acceptors (Lipinski definition) is 2. The highest BCUT2D eigenvalue weighted by Crippen LogP contribution is 2.25. The van der Waals surface area contributed by atoms with E-state index >= 15 is 0 Å². The molecule has 4 heteroatoms. The summed E-state index contributed by atoms with van der Waals surface area (Å²) in [5.41, 5.74) is 8.91. The van der Waals surface area contributed by atoms with Crippen molar-refractivity contribution in [1.82, 2.24) is 9.55 Å². The second-order valence-electron chi connectivity index (χ2n) is 3.72. The number of halogens is 1. The Labute approximate surface area is 103 Å². The number of rotatable bonds is 2. The molecule has 1 aromatic heterocycles. The number of hydrogen-bond donors (Lipinski definition) is 1. The van der Waals surface area contributed by atoms with Crippen LogP contribution in [0.3, 0.4) is 0 Å². The molecular weight excluding hydrogens is 266 g/mol. The molecule has 0 fully saturated rings. The molecule has 3 nitrogen and oxygen atoms in total. The molecule has 0 unspecified atom stereocenters. The quantitative estimate of drug-likeness (QED) is 0.919. The molecule has 0 radical (unpaired) electrons. The van der Waals surface area contributed by atoms with E-state index < -0.39 is 0 Å². The lowest BCUT2D eigenvalue weighted by molar-refractivity contribution is 0.865. The van der Waals surface area contributed by atoms with Gasteiger partial charge in [-0.2, -0.15) is 0 Å². The average Bonchev–Trinajstić information content (AvgIpc) is 2.57. The number of aryl methyl sites for hydroxylation is 1. The Bertz CT molecular complexity index is 500. The van der Waals surface area contributed by atoms with Crippen LogP contribution in [0, 0.1) is 6.92 Å². The third-order valence-electron chi connectivity index (χ3n) is 2.70. The van der Waals surface area contributed by atoms with Crippen molar-refractivity contribution in [1.29, 1.82) is 0 Å². The lowest BCUT2D eigenvalue weighted by Crippen LogP contribution is -2.00. The lowest BCUT2D eigenvalue weighted by atomic mass is 10.1. The molecule has 0 saturated carbocycles. The second-order valence-corrected chi connectivity index (χ2v) is 4.64. The zero-order valence-electron chi connectivity index (χ0n) is 9.37. The van der Waals surface area contributed by atoms with Gasteiger partial charge in [0.15, 0.2) is 0 Å². The summed E-state index contributed by atoms with van der Waals surface area (Å²) in [5.74, 6) is 0.985. The Balaban J connectivity index is 2.58. The van der Waals surface area contributed by atoms with E-state index in [9.17, 15) is 0 Å². The highest BCUT2D eigenvalue weighted by Gasteiger charge is 2.12. The van der Waals surface area contributed by atoms with Gasteiger partial charge < -0.3 is 10.3 Å². The highest BCUT2D eigenvalue weighted by atomic mass is 79.9. The minimum atomic E-state index is 0.465. The largest absolute Gasteiger partial charge is 0.331 e. The molecule has 2 rings (SSSR count). The van der Waals surface area contributed by atoms with Crippen LogP contribution in [0.15, 0.2) is 28.7 Å². The van der Waals surface area contributed by atoms with Gasteiger partial charge in [-0.25, -0.2) is 4.98 Å². The standard InChI is InChI=1S/C12H14BrN3/c1-8-15-11(7-14)12(16(8)2)9-3-5-10(13)6-4-9/h3-6H,7,14H2,1-2H3. The fourth-order valence-electron chi connectivity index (χ4n) is 1.79. The first-order chi connectivity index (χ1) is 7.63. The fraction of sp³-hybridized carbons (Fsp3) is 0.250. The van der Waals surface area contributed by atoms with Gasteiger partial charge in [-0.05, 0) is 19.1 Å². The van der Waals surface area contributed by atoms with E-state index in [1.165, 1.54) is 0 Å². The normalized spacial score (nSPS) is 10.8. The monoisotopic (exact) mass is 279 g/mol. The molecule has 84 valence electrons. The fourth-order valence-corrected chi connectivity index (χ4v) is 2.05. The molecule has 0 spiro atoms. The van der Waals surface area contributed by atoms with Crippen LogP contribution in [-0.2, 0) is 13.6 Å². The first-order valence-corrected chi connectivity index (χ1v) is 5.91. The number of benzene rings is 1. The number of aromatic nitrogens is 2. The summed E-state index contributed by atoms with van der Waals surface area (Å²) in [5, 5.41) is 0. The maximum Gasteiger partial charge on any atom is 0.106 e. The van der Waals surface area contributed by atoms with Crippen molar-refractivity contribution in [2.45, 2.75) is 13.5 Å². The van der Waals surface area contributed by atoms with Crippen molar-refractivity contribution >= 4 is 15.9 Å². The minimum Gasteiger partial charge on any atom is -0.331 e. The van der Waals surface area contributed by atoms with E-state index in [1.807, 2.05) is 26.1 Å². The molecule has 1 heterocycles. The predicted octanol–water partition coefficient (Wildman–Crippen LogP) is 2.62. The van der Waals surface area contributed by atoms with Crippen molar-refractivity contribution in [2.75, 3.05) is 0 Å². The second kappa shape index (κ2) is 4.39. The zero-order chi connectivity index (χ0) is 11.7. The summed E-state index contributed by atoms with van der Waals surface area (Å²) in [7, 11) is 2.01. The maximum atomic E-state index is 5.72. The Hall–Kier alpha value is -1.13. The van der Waals surface area contributed by atoms with Crippen LogP contribution < -0.4 is 5.73 Å². The Morgan fingerprint density at radius 2 is 1.94 bits per heavy atom. The molecule has 0 saturated heterocycles. The van der Waals surface area contributed by atoms with Crippen molar-refractivity contribution < 1.29 is 0 Å². The van der Waals surface area contributed by atoms with Gasteiger partial charge in [0.25, 0.3) is 0 Å². The van der Waals surface area contributed by atoms with Gasteiger partial charge in [0.2, 0.25) is 0 Å². The van der Waals surface area contributed by atoms with E-state index in [2.05, 4.69) is 37.6 Å². The van der Waals surface area contributed by atoms with E-state index in [4.69, 9.17) is 5.73 Å². The van der Waals surface area contributed by atoms with Crippen LogP contribution >= 0.6 is 15.9 Å². The maximum absolute atomic E-state index is 5.72. The SMILES string of the molecule is Cc1nc(CN)c(-c2ccc(Br)cc2)n1C. The van der Waals surface area contributed by atoms with E-state index in [-0.39, 0.29) is 0 Å². The van der Waals surface area contributed by atoms with Crippen molar-refractivity contribution in [2.24, 2.45) is 12.8 Å². The average molecular weight is 280 g/mol. The van der Waals surface area contributed by atoms with Crippen LogP contribution in [0.25, 0.3) is 11.3 Å². The molecule has 0 bridgehead atoms. The highest BCUT2D eigenvalue weighted by molar-refractivity contribution is 9.10. The van der Waals surface area contributed by atoms with Crippen LogP contribution in [0.1, 0.15) is 11.5 Å². The van der Waals surface area contributed by atoms with Crippen molar-refractivity contribution in [3.8, 4) is 11.3 Å². The molecular formula is C12H14BrN3. The number of imidazole rings is 1. The Morgan fingerprint density at radius 1 is 1.31 bits per heavy atom. The smallest absolute Gasteiger partial charge is 0.106 e. The topological polar surface area (TPSA) is 43.8 Å². The van der Waals surface area contributed by atoms with Crippen LogP contribution in [-0.4, -0.2) is 9.55 Å². The molecule has 2 N–H and O–H groups in total. The van der Waals surface area contributed by atoms with Gasteiger partial charge in [-0.15, -0.1) is 0 Å². The van der Waals surface area contributed by atoms with Gasteiger partial charge in [-0.3, -0.25) is 0 Å². The molecule has 1 aromatic carbocycles. The predicted molar refractivity (Wildman–Crippen MR) is 69.0 cm³/mol. The van der Waals surface area contributed by atoms with Gasteiger partial charge in [0.05, 0.1) is 11.4 Å². The third-order valence-corrected chi connectivity index (χ3v) is 3.23. The Morgan fingerprint density at radius 3 is 2.50 bits per heavy atom. The summed E-state index contributed by atoms with van der Waals surface area (Å²) in [6.07, 6.45) is 0. The summed E-state index contributed by atoms with van der Waals surface area (Å²) >= 11 is 3.43. The molecule has 0 aliphatic rings. The molecule has 2 aromatic rings. The minimum absolute atomic E-state index is 0.465. The van der Waals surface area contributed by atoms with E-state index in [0.29, 0.717) is 6.54 Å². The van der Waals surface area contributed by atoms with Crippen molar-refractivity contribution in [3.05, 3.63) is 40.3 Å². The van der Waals surface area contributed by atoms with Crippen LogP contribution in [0.5, 0.6) is 0 Å². The molecule has 16 heavy (non-hydrogen) atoms. The van der Waals surface area contributed by atoms with Crippen molar-refractivity contribution in [3.63, 3.8) is 0 Å². The third kappa shape index (κ3) is 1.90. The van der Waals surface area contributed by atoms with E-state index in [0.717, 1.165) is 27.2 Å². The van der Waals surface area contributed by atoms with Crippen LogP contribution in [0.2, 0.25) is 0 Å². The first-order valence-electron chi connectivity index (χ1n) is 5.11.